The molecule has 4 nitrogen and oxygen atoms in total. The molecule has 3 aromatic rings. The van der Waals surface area contributed by atoms with Crippen molar-refractivity contribution < 1.29 is 17.1 Å². The minimum Gasteiger partial charge on any atom is -0.383 e. The first-order valence-electron chi connectivity index (χ1n) is 9.46. The molecule has 148 valence electrons. The molecule has 1 N–H and O–H groups in total. The molecule has 0 aliphatic carbocycles. The van der Waals surface area contributed by atoms with E-state index in [0.29, 0.717) is 0 Å². The van der Waals surface area contributed by atoms with Crippen LogP contribution in [-0.2, 0) is 30.2 Å². The van der Waals surface area contributed by atoms with Crippen LogP contribution in [0.1, 0.15) is 28.1 Å². The molecule has 0 aliphatic rings. The monoisotopic (exact) mass is 416 g/mol. The fourth-order valence-electron chi connectivity index (χ4n) is 3.45. The van der Waals surface area contributed by atoms with Gasteiger partial charge in [0.05, 0.1) is 11.4 Å². The molecule has 2 heterocycles. The third kappa shape index (κ3) is 6.45. The normalized spacial score (nSPS) is 10.6. The number of nitrogens with zero attached hydrogens (tertiary/aromatic N) is 3. The Kier molecular flexibility index (Phi) is 8.65. The Morgan fingerprint density at radius 2 is 1.36 bits per heavy atom. The van der Waals surface area contributed by atoms with Gasteiger partial charge in [0.1, 0.15) is 0 Å². The summed E-state index contributed by atoms with van der Waals surface area (Å²) >= 11 is 0. The van der Waals surface area contributed by atoms with E-state index in [1.54, 1.807) is 0 Å². The third-order valence-electron chi connectivity index (χ3n) is 4.63. The molecule has 1 aromatic carbocycles. The molecule has 3 rings (SSSR count). The first kappa shape index (κ1) is 22.1. The molecule has 0 spiro atoms. The molecule has 0 atom stereocenters. The molecule has 0 radical (unpaired) electrons. The minimum atomic E-state index is 0. The summed E-state index contributed by atoms with van der Waals surface area (Å²) in [4.78, 5) is 11.3. The van der Waals surface area contributed by atoms with Crippen molar-refractivity contribution in [3.63, 3.8) is 0 Å². The molecule has 2 aromatic heterocycles. The molecule has 0 unspecified atom stereocenters. The summed E-state index contributed by atoms with van der Waals surface area (Å²) in [6.45, 7) is 9.90. The first-order valence-corrected chi connectivity index (χ1v) is 9.46. The van der Waals surface area contributed by atoms with Crippen molar-refractivity contribution in [3.8, 4) is 0 Å². The molecule has 0 amide bonds. The fourth-order valence-corrected chi connectivity index (χ4v) is 3.45. The van der Waals surface area contributed by atoms with Gasteiger partial charge in [-0.05, 0) is 56.2 Å². The summed E-state index contributed by atoms with van der Waals surface area (Å²) in [5.41, 5.74) is 7.31. The minimum absolute atomic E-state index is 0. The molecule has 5 heteroatoms. The number of aromatic nitrogens is 2. The van der Waals surface area contributed by atoms with Crippen molar-refractivity contribution in [1.29, 1.82) is 0 Å². The second-order valence-electron chi connectivity index (χ2n) is 7.05. The maximum absolute atomic E-state index is 4.48. The number of pyridine rings is 2. The molecule has 0 fully saturated rings. The van der Waals surface area contributed by atoms with Crippen LogP contribution in [0.2, 0.25) is 0 Å². The van der Waals surface area contributed by atoms with E-state index in [4.69, 9.17) is 0 Å². The smallest absolute Gasteiger partial charge is 0.0544 e. The SMILES string of the molecule is Cc1cc(C)c(NCCN(Cc2ccccn2)Cc2ccccn2)c(C)c1.[Fe]. The largest absolute Gasteiger partial charge is 0.383 e. The maximum Gasteiger partial charge on any atom is 0.0544 e. The Morgan fingerprint density at radius 3 is 1.82 bits per heavy atom. The van der Waals surface area contributed by atoms with Gasteiger partial charge in [0.15, 0.2) is 0 Å². The van der Waals surface area contributed by atoms with Crippen LogP contribution in [0.4, 0.5) is 5.69 Å². The van der Waals surface area contributed by atoms with E-state index in [1.165, 1.54) is 22.4 Å². The van der Waals surface area contributed by atoms with Crippen LogP contribution in [-0.4, -0.2) is 28.0 Å². The third-order valence-corrected chi connectivity index (χ3v) is 4.63. The van der Waals surface area contributed by atoms with Gasteiger partial charge in [0.25, 0.3) is 0 Å². The van der Waals surface area contributed by atoms with Gasteiger partial charge in [-0.2, -0.15) is 0 Å². The Bertz CT molecular complexity index is 788. The Morgan fingerprint density at radius 1 is 0.821 bits per heavy atom. The van der Waals surface area contributed by atoms with Crippen LogP contribution in [0.25, 0.3) is 0 Å². The van der Waals surface area contributed by atoms with Gasteiger partial charge in [-0.15, -0.1) is 0 Å². The van der Waals surface area contributed by atoms with Gasteiger partial charge in [0, 0.05) is 61.3 Å². The fraction of sp³-hybridized carbons (Fsp3) is 0.304. The summed E-state index contributed by atoms with van der Waals surface area (Å²) in [6.07, 6.45) is 3.71. The molecular weight excluding hydrogens is 388 g/mol. The van der Waals surface area contributed by atoms with Crippen molar-refractivity contribution >= 4 is 5.69 Å². The molecule has 28 heavy (non-hydrogen) atoms. The van der Waals surface area contributed by atoms with Crippen LogP contribution in [0, 0.1) is 20.8 Å². The zero-order valence-electron chi connectivity index (χ0n) is 16.8. The number of anilines is 1. The van der Waals surface area contributed by atoms with Gasteiger partial charge >= 0.3 is 0 Å². The van der Waals surface area contributed by atoms with Crippen LogP contribution in [0.3, 0.4) is 0 Å². The maximum atomic E-state index is 4.48. The topological polar surface area (TPSA) is 41.0 Å². The van der Waals surface area contributed by atoms with Crippen LogP contribution in [0.5, 0.6) is 0 Å². The predicted molar refractivity (Wildman–Crippen MR) is 112 cm³/mol. The van der Waals surface area contributed by atoms with E-state index >= 15 is 0 Å². The van der Waals surface area contributed by atoms with Crippen molar-refractivity contribution in [1.82, 2.24) is 14.9 Å². The van der Waals surface area contributed by atoms with Crippen LogP contribution >= 0.6 is 0 Å². The number of rotatable bonds is 8. The van der Waals surface area contributed by atoms with Crippen molar-refractivity contribution in [2.75, 3.05) is 18.4 Å². The average molecular weight is 416 g/mol. The van der Waals surface area contributed by atoms with Crippen molar-refractivity contribution in [3.05, 3.63) is 89.0 Å². The average Bonchev–Trinajstić information content (AvgIpc) is 2.65. The van der Waals surface area contributed by atoms with E-state index in [2.05, 4.69) is 65.2 Å². The van der Waals surface area contributed by atoms with Gasteiger partial charge in [-0.3, -0.25) is 14.9 Å². The number of hydrogen-bond donors (Lipinski definition) is 1. The number of benzene rings is 1. The number of nitrogens with one attached hydrogen (secondary N) is 1. The van der Waals surface area contributed by atoms with E-state index in [0.717, 1.165) is 37.6 Å². The molecule has 0 saturated carbocycles. The predicted octanol–water partition coefficient (Wildman–Crippen LogP) is 4.51. The van der Waals surface area contributed by atoms with Gasteiger partial charge in [0.2, 0.25) is 0 Å². The molecule has 0 bridgehead atoms. The van der Waals surface area contributed by atoms with Gasteiger partial charge in [-0.1, -0.05) is 29.8 Å². The Hall–Kier alpha value is -2.20. The number of aryl methyl sites for hydroxylation is 3. The Labute approximate surface area is 178 Å². The molecule has 0 saturated heterocycles. The van der Waals surface area contributed by atoms with Gasteiger partial charge in [-0.25, -0.2) is 0 Å². The van der Waals surface area contributed by atoms with E-state index < -0.39 is 0 Å². The zero-order chi connectivity index (χ0) is 19.1. The number of hydrogen-bond acceptors (Lipinski definition) is 4. The molecule has 0 aliphatic heterocycles. The summed E-state index contributed by atoms with van der Waals surface area (Å²) in [6, 6.07) is 16.6. The van der Waals surface area contributed by atoms with E-state index in [1.807, 2.05) is 36.7 Å². The van der Waals surface area contributed by atoms with Gasteiger partial charge < -0.3 is 5.32 Å². The van der Waals surface area contributed by atoms with Crippen molar-refractivity contribution in [2.45, 2.75) is 33.9 Å². The summed E-state index contributed by atoms with van der Waals surface area (Å²) < 4.78 is 0. The summed E-state index contributed by atoms with van der Waals surface area (Å²) in [5, 5.41) is 3.63. The zero-order valence-corrected chi connectivity index (χ0v) is 17.9. The Balaban J connectivity index is 0.00000280. The van der Waals surface area contributed by atoms with Crippen LogP contribution < -0.4 is 5.32 Å². The second kappa shape index (κ2) is 11.0. The molecular formula is C23H28FeN4. The van der Waals surface area contributed by atoms with Crippen molar-refractivity contribution in [2.24, 2.45) is 0 Å². The quantitative estimate of drug-likeness (QED) is 0.549. The van der Waals surface area contributed by atoms with E-state index in [9.17, 15) is 0 Å². The second-order valence-corrected chi connectivity index (χ2v) is 7.05. The standard InChI is InChI=1S/C23H28N4.Fe/c1-18-14-19(2)23(20(3)15-18)26-12-13-27(16-21-8-4-6-10-24-21)17-22-9-5-7-11-25-22;/h4-11,14-15,26H,12-13,16-17H2,1-3H3;. The van der Waals surface area contributed by atoms with Crippen LogP contribution in [0.15, 0.2) is 60.9 Å². The first-order chi connectivity index (χ1) is 13.1. The van der Waals surface area contributed by atoms with E-state index in [-0.39, 0.29) is 17.1 Å². The summed E-state index contributed by atoms with van der Waals surface area (Å²) in [7, 11) is 0. The summed E-state index contributed by atoms with van der Waals surface area (Å²) in [5.74, 6) is 0.